The molecule has 0 radical (unpaired) electrons. The molecule has 4 rings (SSSR count). The largest absolute Gasteiger partial charge is 0.454 e. The van der Waals surface area contributed by atoms with Crippen LogP contribution in [0.15, 0.2) is 18.2 Å². The number of benzene rings is 1. The maximum Gasteiger partial charge on any atom is 0.231 e. The predicted octanol–water partition coefficient (Wildman–Crippen LogP) is 3.64. The van der Waals surface area contributed by atoms with E-state index in [0.29, 0.717) is 11.7 Å². The number of likely N-dealkylation sites (tertiary alicyclic amines) is 1. The number of hydrogen-bond donors (Lipinski definition) is 0. The quantitative estimate of drug-likeness (QED) is 0.795. The van der Waals surface area contributed by atoms with Gasteiger partial charge < -0.3 is 9.47 Å². The van der Waals surface area contributed by atoms with Crippen LogP contribution < -0.4 is 9.47 Å². The van der Waals surface area contributed by atoms with Gasteiger partial charge in [0.15, 0.2) is 17.3 Å². The predicted molar refractivity (Wildman–Crippen MR) is 88.1 cm³/mol. The number of fused-ring (bicyclic) bond motifs is 1. The van der Waals surface area contributed by atoms with E-state index in [2.05, 4.69) is 4.90 Å². The maximum absolute atomic E-state index is 13.3. The molecule has 124 valence electrons. The van der Waals surface area contributed by atoms with Crippen molar-refractivity contribution in [2.75, 3.05) is 19.9 Å². The van der Waals surface area contributed by atoms with Crippen LogP contribution in [0.3, 0.4) is 0 Å². The zero-order valence-electron chi connectivity index (χ0n) is 13.6. The fourth-order valence-corrected chi connectivity index (χ4v) is 4.37. The van der Waals surface area contributed by atoms with Gasteiger partial charge in [0.1, 0.15) is 0 Å². The van der Waals surface area contributed by atoms with Crippen LogP contribution in [0.25, 0.3) is 0 Å². The average Bonchev–Trinajstić information content (AvgIpc) is 3.27. The van der Waals surface area contributed by atoms with Crippen LogP contribution in [-0.4, -0.2) is 36.6 Å². The summed E-state index contributed by atoms with van der Waals surface area (Å²) in [5.74, 6) is 2.24. The van der Waals surface area contributed by atoms with Gasteiger partial charge in [-0.1, -0.05) is 19.3 Å². The van der Waals surface area contributed by atoms with E-state index in [9.17, 15) is 4.79 Å². The SMILES string of the molecule is O=C(c1ccc2c(c1)OCO2)C(C1CCCCC1)N1CCCC1. The lowest BCUT2D eigenvalue weighted by atomic mass is 9.80. The smallest absolute Gasteiger partial charge is 0.231 e. The van der Waals surface area contributed by atoms with E-state index in [-0.39, 0.29) is 18.6 Å². The van der Waals surface area contributed by atoms with Crippen molar-refractivity contribution in [2.45, 2.75) is 51.0 Å². The van der Waals surface area contributed by atoms with Crippen LogP contribution in [0.1, 0.15) is 55.3 Å². The molecule has 2 aliphatic heterocycles. The maximum atomic E-state index is 13.3. The molecule has 0 aromatic heterocycles. The topological polar surface area (TPSA) is 38.8 Å². The molecule has 3 aliphatic rings. The van der Waals surface area contributed by atoms with E-state index in [1.165, 1.54) is 44.9 Å². The van der Waals surface area contributed by atoms with Crippen molar-refractivity contribution in [2.24, 2.45) is 5.92 Å². The molecule has 0 bridgehead atoms. The van der Waals surface area contributed by atoms with Crippen LogP contribution in [0.4, 0.5) is 0 Å². The lowest BCUT2D eigenvalue weighted by molar-refractivity contribution is 0.0720. The van der Waals surface area contributed by atoms with Gasteiger partial charge >= 0.3 is 0 Å². The van der Waals surface area contributed by atoms with Crippen molar-refractivity contribution >= 4 is 5.78 Å². The first-order valence-corrected chi connectivity index (χ1v) is 9.01. The summed E-state index contributed by atoms with van der Waals surface area (Å²) < 4.78 is 10.8. The van der Waals surface area contributed by atoms with Gasteiger partial charge in [-0.15, -0.1) is 0 Å². The van der Waals surface area contributed by atoms with Gasteiger partial charge in [-0.25, -0.2) is 0 Å². The summed E-state index contributed by atoms with van der Waals surface area (Å²) in [6.07, 6.45) is 8.68. The molecule has 0 spiro atoms. The molecule has 23 heavy (non-hydrogen) atoms. The van der Waals surface area contributed by atoms with Crippen molar-refractivity contribution in [1.29, 1.82) is 0 Å². The van der Waals surface area contributed by atoms with Gasteiger partial charge in [-0.05, 0) is 62.9 Å². The van der Waals surface area contributed by atoms with Crippen molar-refractivity contribution in [1.82, 2.24) is 4.90 Å². The minimum absolute atomic E-state index is 0.0539. The Balaban J connectivity index is 1.60. The molecule has 1 aromatic carbocycles. The highest BCUT2D eigenvalue weighted by Gasteiger charge is 2.36. The Hall–Kier alpha value is -1.55. The van der Waals surface area contributed by atoms with E-state index in [4.69, 9.17) is 9.47 Å². The second-order valence-electron chi connectivity index (χ2n) is 7.02. The van der Waals surface area contributed by atoms with Gasteiger partial charge in [0.25, 0.3) is 0 Å². The van der Waals surface area contributed by atoms with Gasteiger partial charge in [-0.2, -0.15) is 0 Å². The van der Waals surface area contributed by atoms with Gasteiger partial charge in [0, 0.05) is 5.56 Å². The molecule has 4 nitrogen and oxygen atoms in total. The molecule has 1 unspecified atom stereocenters. The Bertz CT molecular complexity index is 574. The van der Waals surface area contributed by atoms with E-state index < -0.39 is 0 Å². The van der Waals surface area contributed by atoms with Crippen LogP contribution >= 0.6 is 0 Å². The summed E-state index contributed by atoms with van der Waals surface area (Å²) in [5.41, 5.74) is 0.775. The van der Waals surface area contributed by atoms with E-state index in [1.807, 2.05) is 18.2 Å². The molecule has 1 aromatic rings. The average molecular weight is 315 g/mol. The fraction of sp³-hybridized carbons (Fsp3) is 0.632. The summed E-state index contributed by atoms with van der Waals surface area (Å²) >= 11 is 0. The number of ketones is 1. The molecule has 2 fully saturated rings. The molecule has 1 saturated carbocycles. The summed E-state index contributed by atoms with van der Waals surface area (Å²) in [5, 5.41) is 0. The molecular weight excluding hydrogens is 290 g/mol. The third-order valence-corrected chi connectivity index (χ3v) is 5.56. The summed E-state index contributed by atoms with van der Waals surface area (Å²) in [7, 11) is 0. The Morgan fingerprint density at radius 1 is 1.00 bits per heavy atom. The van der Waals surface area contributed by atoms with Crippen LogP contribution in [0.5, 0.6) is 11.5 Å². The Kier molecular flexibility index (Phi) is 4.25. The molecule has 2 heterocycles. The van der Waals surface area contributed by atoms with Gasteiger partial charge in [0.2, 0.25) is 6.79 Å². The monoisotopic (exact) mass is 315 g/mol. The van der Waals surface area contributed by atoms with Gasteiger partial charge in [0.05, 0.1) is 6.04 Å². The summed E-state index contributed by atoms with van der Waals surface area (Å²) in [4.78, 5) is 15.7. The van der Waals surface area contributed by atoms with Crippen molar-refractivity contribution in [3.63, 3.8) is 0 Å². The molecule has 0 N–H and O–H groups in total. The number of hydrogen-bond acceptors (Lipinski definition) is 4. The highest BCUT2D eigenvalue weighted by atomic mass is 16.7. The zero-order chi connectivity index (χ0) is 15.6. The van der Waals surface area contributed by atoms with E-state index in [1.54, 1.807) is 0 Å². The number of nitrogens with zero attached hydrogens (tertiary/aromatic N) is 1. The van der Waals surface area contributed by atoms with Crippen LogP contribution in [-0.2, 0) is 0 Å². The first-order valence-electron chi connectivity index (χ1n) is 9.01. The summed E-state index contributed by atoms with van der Waals surface area (Å²) in [6, 6.07) is 5.70. The lowest BCUT2D eigenvalue weighted by Crippen LogP contribution is -2.45. The zero-order valence-corrected chi connectivity index (χ0v) is 13.6. The third-order valence-electron chi connectivity index (χ3n) is 5.56. The minimum Gasteiger partial charge on any atom is -0.454 e. The molecule has 1 saturated heterocycles. The van der Waals surface area contributed by atoms with E-state index in [0.717, 1.165) is 24.4 Å². The van der Waals surface area contributed by atoms with Crippen molar-refractivity contribution in [3.8, 4) is 11.5 Å². The van der Waals surface area contributed by atoms with Gasteiger partial charge in [-0.3, -0.25) is 9.69 Å². The van der Waals surface area contributed by atoms with Crippen LogP contribution in [0.2, 0.25) is 0 Å². The Morgan fingerprint density at radius 3 is 2.52 bits per heavy atom. The lowest BCUT2D eigenvalue weighted by Gasteiger charge is -2.35. The normalized spacial score (nSPS) is 23.1. The number of Topliss-reactive ketones (excluding diaryl/α,β-unsaturated/α-hetero) is 1. The number of carbonyl (C=O) groups excluding carboxylic acids is 1. The molecule has 0 amide bonds. The molecule has 1 atom stereocenters. The summed E-state index contributed by atoms with van der Waals surface area (Å²) in [6.45, 7) is 2.39. The Labute approximate surface area is 137 Å². The fourth-order valence-electron chi connectivity index (χ4n) is 4.37. The number of carbonyl (C=O) groups is 1. The second kappa shape index (κ2) is 6.52. The third kappa shape index (κ3) is 2.97. The van der Waals surface area contributed by atoms with Crippen LogP contribution in [0, 0.1) is 5.92 Å². The van der Waals surface area contributed by atoms with E-state index >= 15 is 0 Å². The highest BCUT2D eigenvalue weighted by molar-refractivity contribution is 6.01. The molecule has 4 heteroatoms. The Morgan fingerprint density at radius 2 is 1.74 bits per heavy atom. The molecular formula is C19H25NO3. The van der Waals surface area contributed by atoms with Crippen molar-refractivity contribution in [3.05, 3.63) is 23.8 Å². The van der Waals surface area contributed by atoms with Crippen molar-refractivity contribution < 1.29 is 14.3 Å². The highest BCUT2D eigenvalue weighted by Crippen LogP contribution is 2.36. The first-order chi connectivity index (χ1) is 11.3. The molecule has 1 aliphatic carbocycles. The number of rotatable bonds is 4. The number of ether oxygens (including phenoxy) is 2. The second-order valence-corrected chi connectivity index (χ2v) is 7.02. The minimum atomic E-state index is 0.0539. The first kappa shape index (κ1) is 15.0. The standard InChI is InChI=1S/C19H25NO3/c21-19(15-8-9-16-17(12-15)23-13-22-16)18(20-10-4-5-11-20)14-6-2-1-3-7-14/h8-9,12,14,18H,1-7,10-11,13H2.